The van der Waals surface area contributed by atoms with E-state index in [0.717, 1.165) is 105 Å². The molecule has 5 fully saturated rings. The van der Waals surface area contributed by atoms with E-state index in [0.29, 0.717) is 58.8 Å². The maximum atomic E-state index is 17.4. The van der Waals surface area contributed by atoms with Crippen molar-refractivity contribution in [3.05, 3.63) is 88.9 Å². The molecule has 1 aromatic heterocycles. The van der Waals surface area contributed by atoms with Crippen molar-refractivity contribution < 1.29 is 32.9 Å². The first-order valence-corrected chi connectivity index (χ1v) is 27.0. The Morgan fingerprint density at radius 2 is 1.68 bits per heavy atom. The number of aliphatic imine (C=N–C) groups is 1. The Kier molecular flexibility index (Phi) is 12.8. The lowest BCUT2D eigenvalue weighted by Gasteiger charge is -2.39. The summed E-state index contributed by atoms with van der Waals surface area (Å²) in [6.07, 6.45) is 17.0. The molecule has 2 bridgehead atoms. The number of amides is 4. The number of anilines is 1. The van der Waals surface area contributed by atoms with E-state index in [1.54, 1.807) is 18.3 Å². The first kappa shape index (κ1) is 48.4. The van der Waals surface area contributed by atoms with Crippen molar-refractivity contribution in [2.45, 2.75) is 107 Å². The number of nitrogens with zero attached hydrogens (tertiary/aromatic N) is 8. The molecule has 12 rings (SSSR count). The number of hydrogen-bond donors (Lipinski definition) is 2. The van der Waals surface area contributed by atoms with Gasteiger partial charge in [-0.2, -0.15) is 4.99 Å². The number of ether oxygens (including phenoxy) is 1. The molecule has 9 heterocycles. The molecule has 5 saturated heterocycles. The van der Waals surface area contributed by atoms with E-state index in [1.165, 1.54) is 31.4 Å². The summed E-state index contributed by atoms with van der Waals surface area (Å²) >= 11 is 0. The van der Waals surface area contributed by atoms with Gasteiger partial charge in [0.1, 0.15) is 24.0 Å². The predicted octanol–water partition coefficient (Wildman–Crippen LogP) is 5.89. The number of nitrogens with one attached hydrogen (secondary N) is 1. The fourth-order valence-electron chi connectivity index (χ4n) is 14.2. The second-order valence-corrected chi connectivity index (χ2v) is 22.2. The third-order valence-corrected chi connectivity index (χ3v) is 18.2. The molecular formula is C58H66FN10O5+. The van der Waals surface area contributed by atoms with Gasteiger partial charge in [0.2, 0.25) is 11.8 Å². The summed E-state index contributed by atoms with van der Waals surface area (Å²) < 4.78 is 26.3. The van der Waals surface area contributed by atoms with Crippen LogP contribution >= 0.6 is 0 Å². The number of fused-ring (bicyclic) bond motifs is 3. The average Bonchev–Trinajstić information content (AvgIpc) is 4.19. The van der Waals surface area contributed by atoms with Gasteiger partial charge in [0, 0.05) is 124 Å². The summed E-state index contributed by atoms with van der Waals surface area (Å²) in [6, 6.07) is 17.6. The maximum Gasteiger partial charge on any atom is 0.287 e. The Morgan fingerprint density at radius 3 is 2.42 bits per heavy atom. The number of likely N-dealkylation sites (N-methyl/N-ethyl adjacent to an activating group) is 1. The molecule has 15 nitrogen and oxygen atoms in total. The molecule has 0 aliphatic carbocycles. The summed E-state index contributed by atoms with van der Waals surface area (Å²) in [5, 5.41) is 3.96. The van der Waals surface area contributed by atoms with Crippen LogP contribution in [0.5, 0.6) is 0 Å². The third-order valence-electron chi connectivity index (χ3n) is 18.2. The van der Waals surface area contributed by atoms with Gasteiger partial charge >= 0.3 is 0 Å². The van der Waals surface area contributed by atoms with Crippen LogP contribution < -0.4 is 16.0 Å². The highest BCUT2D eigenvalue weighted by Crippen LogP contribution is 2.48. The lowest BCUT2D eigenvalue weighted by molar-refractivity contribution is -0.572. The lowest BCUT2D eigenvalue weighted by atomic mass is 9.86. The number of rotatable bonds is 12. The molecule has 0 spiro atoms. The zero-order chi connectivity index (χ0) is 50.9. The summed E-state index contributed by atoms with van der Waals surface area (Å²) in [4.78, 5) is 71.4. The largest absolute Gasteiger partial charge is 0.464 e. The molecule has 6 atom stereocenters. The molecule has 3 N–H and O–H groups in total. The number of pyridine rings is 1. The normalized spacial score (nSPS) is 27.2. The van der Waals surface area contributed by atoms with E-state index >= 15 is 4.39 Å². The monoisotopic (exact) mass is 1000 g/mol. The van der Waals surface area contributed by atoms with Gasteiger partial charge in [-0.05, 0) is 88.2 Å². The molecule has 74 heavy (non-hydrogen) atoms. The number of amidine groups is 1. The van der Waals surface area contributed by atoms with E-state index < -0.39 is 29.6 Å². The number of piperazine rings is 1. The molecular weight excluding hydrogens is 936 g/mol. The van der Waals surface area contributed by atoms with Crippen molar-refractivity contribution in [2.24, 2.45) is 22.6 Å². The van der Waals surface area contributed by atoms with E-state index in [2.05, 4.69) is 49.4 Å². The van der Waals surface area contributed by atoms with Crippen molar-refractivity contribution in [1.29, 1.82) is 0 Å². The zero-order valence-corrected chi connectivity index (χ0v) is 42.5. The first-order valence-electron chi connectivity index (χ1n) is 27.0. The first-order chi connectivity index (χ1) is 35.9. The fourth-order valence-corrected chi connectivity index (χ4v) is 14.2. The van der Waals surface area contributed by atoms with E-state index in [4.69, 9.17) is 26.9 Å². The van der Waals surface area contributed by atoms with Gasteiger partial charge in [0.15, 0.2) is 23.6 Å². The molecule has 384 valence electrons. The Bertz CT molecular complexity index is 3040. The van der Waals surface area contributed by atoms with Crippen LogP contribution in [0.2, 0.25) is 0 Å². The highest BCUT2D eigenvalue weighted by atomic mass is 19.1. The van der Waals surface area contributed by atoms with Crippen LogP contribution in [-0.4, -0.2) is 161 Å². The van der Waals surface area contributed by atoms with Gasteiger partial charge < -0.3 is 20.3 Å². The maximum absolute atomic E-state index is 17.4. The minimum Gasteiger partial charge on any atom is -0.464 e. The van der Waals surface area contributed by atoms with Crippen molar-refractivity contribution >= 4 is 57.5 Å². The highest BCUT2D eigenvalue weighted by molar-refractivity contribution is 6.23. The highest BCUT2D eigenvalue weighted by Gasteiger charge is 2.57. The molecule has 8 aliphatic rings. The fraction of sp³-hybridized carbons (Fsp3) is 0.500. The summed E-state index contributed by atoms with van der Waals surface area (Å²) in [7, 11) is 2.14. The van der Waals surface area contributed by atoms with Crippen LogP contribution in [0, 0.1) is 30.0 Å². The predicted molar refractivity (Wildman–Crippen MR) is 281 cm³/mol. The van der Waals surface area contributed by atoms with Crippen molar-refractivity contribution in [1.82, 2.24) is 29.9 Å². The Morgan fingerprint density at radius 1 is 0.932 bits per heavy atom. The Balaban J connectivity index is 0.646. The summed E-state index contributed by atoms with van der Waals surface area (Å²) in [6.45, 7) is 10.3. The molecule has 16 heteroatoms. The van der Waals surface area contributed by atoms with Crippen LogP contribution in [0.4, 0.5) is 15.8 Å². The van der Waals surface area contributed by atoms with Crippen molar-refractivity contribution in [3.63, 3.8) is 0 Å². The smallest absolute Gasteiger partial charge is 0.287 e. The number of terminal acetylenes is 1. The number of nitrogens with two attached hydrogens (primary N) is 1. The number of benzene rings is 3. The van der Waals surface area contributed by atoms with Crippen LogP contribution in [-0.2, 0) is 14.3 Å². The van der Waals surface area contributed by atoms with Gasteiger partial charge in [-0.25, -0.2) is 8.97 Å². The van der Waals surface area contributed by atoms with Crippen LogP contribution in [0.15, 0.2) is 65.8 Å². The quantitative estimate of drug-likeness (QED) is 0.0573. The lowest BCUT2D eigenvalue weighted by Crippen LogP contribution is -2.54. The number of imide groups is 2. The van der Waals surface area contributed by atoms with Crippen molar-refractivity contribution in [2.75, 3.05) is 70.9 Å². The molecule has 4 amide bonds. The second-order valence-electron chi connectivity index (χ2n) is 22.2. The number of likely N-dealkylation sites (tertiary alicyclic amines) is 1. The average molecular weight is 1000 g/mol. The number of hydrogen-bond acceptors (Lipinski definition) is 11. The number of carbonyl (C=O) groups is 4. The molecule has 4 unspecified atom stereocenters. The number of halogens is 1. The van der Waals surface area contributed by atoms with E-state index in [9.17, 15) is 19.2 Å². The van der Waals surface area contributed by atoms with Crippen molar-refractivity contribution in [3.8, 4) is 23.6 Å². The Hall–Kier alpha value is -6.54. The van der Waals surface area contributed by atoms with Gasteiger partial charge in [-0.15, -0.1) is 6.42 Å². The van der Waals surface area contributed by atoms with Gasteiger partial charge in [-0.1, -0.05) is 36.3 Å². The molecule has 0 saturated carbocycles. The third kappa shape index (κ3) is 8.64. The Labute approximate surface area is 432 Å². The van der Waals surface area contributed by atoms with Gasteiger partial charge in [0.05, 0.1) is 23.0 Å². The van der Waals surface area contributed by atoms with Crippen LogP contribution in [0.25, 0.3) is 22.0 Å². The summed E-state index contributed by atoms with van der Waals surface area (Å²) in [5.41, 5.74) is 12.0. The minimum atomic E-state index is -0.971. The number of carbonyl (C=O) groups excluding carboxylic acids is 4. The summed E-state index contributed by atoms with van der Waals surface area (Å²) in [5.74, 6) is 1.35. The minimum absolute atomic E-state index is 0.0508. The zero-order valence-electron chi connectivity index (χ0n) is 42.5. The molecule has 3 aromatic carbocycles. The van der Waals surface area contributed by atoms with Gasteiger partial charge in [-0.3, -0.25) is 44.2 Å². The van der Waals surface area contributed by atoms with Crippen LogP contribution in [0.1, 0.15) is 109 Å². The molecule has 8 aliphatic heterocycles. The van der Waals surface area contributed by atoms with Gasteiger partial charge in [0.25, 0.3) is 17.8 Å². The molecule has 0 radical (unpaired) electrons. The van der Waals surface area contributed by atoms with E-state index in [1.807, 2.05) is 42.5 Å². The van der Waals surface area contributed by atoms with Crippen LogP contribution in [0.3, 0.4) is 0 Å². The topological polar surface area (TPSA) is 160 Å². The second kappa shape index (κ2) is 19.6. The standard InChI is InChI=1S/C58H65FN10O5/c1-4-36-7-5-8-37-9-6-10-45(50(36)37)52-51(59)53(47(31-61-52)34(2)54-38-27-40-11-12-41(28-38)68(40)54)63-58(60)74-33-43-29-42(32-64(43)3)67-25-23-65(24-26-67)20-17-35-18-21-66(22-19-35)39-13-14-44-46(30-39)57(73)69(56(44)72)48-15-16-49(70)62-55(48)71/h1,5-10,13-14,30-31,34-35,38,40-43,48H,11-12,15-29,32-33H2,2-3H3,(H2-,60,61,62,63,70,71)/p+1/t34?,38?,40?,41?,42-,43-,48?/m1/s1. The number of aromatic nitrogens is 1. The van der Waals surface area contributed by atoms with E-state index in [-0.39, 0.29) is 48.1 Å². The SMILES string of the molecule is C#Cc1cccc2cccc(-c3ncc(C(C)C4=[N+]5C6CCC5CC4C6)c(N=C(N)OC[C@H]4C[C@@H](N5CCN(CCC6CCN(c7ccc8c(c7)C(=O)N(C7CCC(=O)NC7=O)C8=O)CC6)CC5)CN4C)c3F)c12. The number of piperidine rings is 3. The molecule has 4 aromatic rings.